The van der Waals surface area contributed by atoms with Crippen LogP contribution in [0.4, 0.5) is 0 Å². The van der Waals surface area contributed by atoms with Crippen LogP contribution in [0.2, 0.25) is 0 Å². The first-order chi connectivity index (χ1) is 13.9. The van der Waals surface area contributed by atoms with Crippen LogP contribution in [0.3, 0.4) is 0 Å². The third-order valence-corrected chi connectivity index (χ3v) is 9.97. The number of hydrogen-bond acceptors (Lipinski definition) is 3. The first-order valence-corrected chi connectivity index (χ1v) is 12.0. The summed E-state index contributed by atoms with van der Waals surface area (Å²) in [4.78, 5) is 0. The lowest BCUT2D eigenvalue weighted by molar-refractivity contribution is -0.0936. The summed E-state index contributed by atoms with van der Waals surface area (Å²) in [5.41, 5.74) is 4.49. The first-order valence-electron chi connectivity index (χ1n) is 12.0. The number of fused-ring (bicyclic) bond motifs is 5. The summed E-state index contributed by atoms with van der Waals surface area (Å²) in [6.07, 6.45) is 17.9. The summed E-state index contributed by atoms with van der Waals surface area (Å²) in [5.74, 6) is 3.71. The Morgan fingerprint density at radius 3 is 2.72 bits per heavy atom. The quantitative estimate of drug-likeness (QED) is 0.452. The third kappa shape index (κ3) is 2.96. The molecule has 4 saturated carbocycles. The molecule has 1 aromatic rings. The maximum atomic E-state index is 4.81. The van der Waals surface area contributed by atoms with E-state index in [4.69, 9.17) is 5.10 Å². The van der Waals surface area contributed by atoms with Crippen LogP contribution >= 0.6 is 0 Å². The minimum Gasteiger partial charge on any atom is -0.272 e. The Bertz CT molecular complexity index is 836. The molecule has 6 atom stereocenters. The molecule has 5 rings (SSSR count). The number of hydrogen-bond donors (Lipinski definition) is 0. The molecule has 4 aliphatic carbocycles. The molecule has 1 aromatic heterocycles. The van der Waals surface area contributed by atoms with Gasteiger partial charge in [0.05, 0.1) is 12.4 Å². The molecule has 0 bridgehead atoms. The van der Waals surface area contributed by atoms with E-state index in [2.05, 4.69) is 31.0 Å². The number of nitrogens with zero attached hydrogens (tertiary/aromatic N) is 4. The molecule has 29 heavy (non-hydrogen) atoms. The van der Waals surface area contributed by atoms with Gasteiger partial charge in [0.25, 0.3) is 0 Å². The van der Waals surface area contributed by atoms with Gasteiger partial charge in [0.2, 0.25) is 0 Å². The molecule has 0 spiro atoms. The van der Waals surface area contributed by atoms with Gasteiger partial charge in [0.1, 0.15) is 0 Å². The largest absolute Gasteiger partial charge is 0.272 e. The van der Waals surface area contributed by atoms with Crippen LogP contribution in [0, 0.1) is 41.4 Å². The first kappa shape index (κ1) is 19.5. The lowest BCUT2D eigenvalue weighted by Crippen LogP contribution is -2.52. The van der Waals surface area contributed by atoms with Crippen molar-refractivity contribution in [2.24, 2.45) is 51.8 Å². The van der Waals surface area contributed by atoms with Crippen molar-refractivity contribution in [3.63, 3.8) is 0 Å². The molecule has 0 saturated heterocycles. The average molecular weight is 395 g/mol. The molecule has 0 radical (unpaired) electrons. The van der Waals surface area contributed by atoms with E-state index in [1.54, 1.807) is 0 Å². The molecule has 0 aliphatic heterocycles. The van der Waals surface area contributed by atoms with Crippen molar-refractivity contribution in [3.8, 4) is 0 Å². The summed E-state index contributed by atoms with van der Waals surface area (Å²) in [7, 11) is 1.97. The van der Waals surface area contributed by atoms with Gasteiger partial charge in [-0.05, 0) is 87.4 Å². The highest BCUT2D eigenvalue weighted by atomic mass is 15.3. The minimum absolute atomic E-state index is 0.278. The van der Waals surface area contributed by atoms with Gasteiger partial charge in [-0.3, -0.25) is 4.68 Å². The standard InChI is InChI=1S/C25H38N4/c1-17-18(16-27-29(17)4)15-26-28-23-11-10-21-20-9-8-19-7-5-6-13-24(19,2)22(20)12-14-25(21,23)3/h15-16,19-22H,5-14H2,1-4H3/b26-15-,28-23+/t19-,20-,21-,22-,24-,25-/m0/s1. The molecule has 4 heteroatoms. The van der Waals surface area contributed by atoms with Gasteiger partial charge >= 0.3 is 0 Å². The molecule has 1 heterocycles. The second-order valence-electron chi connectivity index (χ2n) is 11.0. The smallest absolute Gasteiger partial charge is 0.0602 e. The van der Waals surface area contributed by atoms with Gasteiger partial charge in [0.15, 0.2) is 0 Å². The van der Waals surface area contributed by atoms with E-state index in [1.165, 1.54) is 63.5 Å². The fourth-order valence-corrected chi connectivity index (χ4v) is 8.05. The topological polar surface area (TPSA) is 42.5 Å². The van der Waals surface area contributed by atoms with Gasteiger partial charge in [-0.15, -0.1) is 0 Å². The lowest BCUT2D eigenvalue weighted by atomic mass is 9.45. The van der Waals surface area contributed by atoms with Crippen molar-refractivity contribution in [3.05, 3.63) is 17.5 Å². The van der Waals surface area contributed by atoms with Crippen LogP contribution in [0.15, 0.2) is 16.4 Å². The number of rotatable bonds is 2. The molecule has 4 fully saturated rings. The van der Waals surface area contributed by atoms with Crippen molar-refractivity contribution in [1.82, 2.24) is 9.78 Å². The Morgan fingerprint density at radius 1 is 1.07 bits per heavy atom. The molecule has 0 N–H and O–H groups in total. The summed E-state index contributed by atoms with van der Waals surface area (Å²) < 4.78 is 1.89. The summed E-state index contributed by atoms with van der Waals surface area (Å²) in [6, 6.07) is 0. The Morgan fingerprint density at radius 2 is 1.93 bits per heavy atom. The number of aryl methyl sites for hydroxylation is 1. The molecular weight excluding hydrogens is 356 g/mol. The van der Waals surface area contributed by atoms with Crippen LogP contribution < -0.4 is 0 Å². The maximum Gasteiger partial charge on any atom is 0.0602 e. The highest BCUT2D eigenvalue weighted by molar-refractivity contribution is 5.93. The van der Waals surface area contributed by atoms with E-state index < -0.39 is 0 Å². The van der Waals surface area contributed by atoms with E-state index in [0.29, 0.717) is 5.41 Å². The Hall–Kier alpha value is -1.45. The zero-order valence-electron chi connectivity index (χ0n) is 18.8. The summed E-state index contributed by atoms with van der Waals surface area (Å²) in [6.45, 7) is 7.26. The summed E-state index contributed by atoms with van der Waals surface area (Å²) >= 11 is 0. The fraction of sp³-hybridized carbons (Fsp3) is 0.800. The second-order valence-corrected chi connectivity index (χ2v) is 11.0. The van der Waals surface area contributed by atoms with Gasteiger partial charge in [-0.1, -0.05) is 26.7 Å². The van der Waals surface area contributed by atoms with Crippen LogP contribution in [0.5, 0.6) is 0 Å². The average Bonchev–Trinajstić information content (AvgIpc) is 3.21. The van der Waals surface area contributed by atoms with E-state index >= 15 is 0 Å². The van der Waals surface area contributed by atoms with Crippen LogP contribution in [-0.4, -0.2) is 21.7 Å². The zero-order valence-corrected chi connectivity index (χ0v) is 18.8. The van der Waals surface area contributed by atoms with Gasteiger partial charge in [-0.2, -0.15) is 15.3 Å². The van der Waals surface area contributed by atoms with Crippen molar-refractivity contribution < 1.29 is 0 Å². The maximum absolute atomic E-state index is 4.81. The SMILES string of the molecule is Cc1c(/C=N\N=C2/CC[C@H]3[C@@H]4CC[C@@H]5CCCC[C@]5(C)[C@H]4CC[C@]23C)cnn1C. The second kappa shape index (κ2) is 7.06. The molecule has 0 aromatic carbocycles. The zero-order chi connectivity index (χ0) is 20.2. The molecular formula is C25H38N4. The van der Waals surface area contributed by atoms with Gasteiger partial charge in [0, 0.05) is 29.4 Å². The van der Waals surface area contributed by atoms with Gasteiger partial charge < -0.3 is 0 Å². The summed E-state index contributed by atoms with van der Waals surface area (Å²) in [5, 5.41) is 13.6. The normalized spacial score (nSPS) is 43.4. The Kier molecular flexibility index (Phi) is 4.75. The van der Waals surface area contributed by atoms with Crippen molar-refractivity contribution in [1.29, 1.82) is 0 Å². The highest BCUT2D eigenvalue weighted by Crippen LogP contribution is 2.65. The highest BCUT2D eigenvalue weighted by Gasteiger charge is 2.58. The number of aromatic nitrogens is 2. The molecule has 158 valence electrons. The van der Waals surface area contributed by atoms with E-state index in [-0.39, 0.29) is 5.41 Å². The fourth-order valence-electron chi connectivity index (χ4n) is 8.05. The minimum atomic E-state index is 0.278. The predicted octanol–water partition coefficient (Wildman–Crippen LogP) is 5.94. The lowest BCUT2D eigenvalue weighted by Gasteiger charge is -2.59. The van der Waals surface area contributed by atoms with Crippen LogP contribution in [0.25, 0.3) is 0 Å². The van der Waals surface area contributed by atoms with Crippen molar-refractivity contribution >= 4 is 11.9 Å². The molecule has 0 unspecified atom stereocenters. The molecule has 4 aliphatic rings. The monoisotopic (exact) mass is 394 g/mol. The molecule has 0 amide bonds. The van der Waals surface area contributed by atoms with Crippen LogP contribution in [-0.2, 0) is 7.05 Å². The van der Waals surface area contributed by atoms with Crippen molar-refractivity contribution in [2.45, 2.75) is 85.0 Å². The van der Waals surface area contributed by atoms with Crippen molar-refractivity contribution in [2.75, 3.05) is 0 Å². The van der Waals surface area contributed by atoms with E-state index in [1.807, 2.05) is 24.1 Å². The van der Waals surface area contributed by atoms with Gasteiger partial charge in [-0.25, -0.2) is 0 Å². The predicted molar refractivity (Wildman–Crippen MR) is 119 cm³/mol. The van der Waals surface area contributed by atoms with E-state index in [9.17, 15) is 0 Å². The van der Waals surface area contributed by atoms with E-state index in [0.717, 1.165) is 41.3 Å². The van der Waals surface area contributed by atoms with Crippen LogP contribution in [0.1, 0.15) is 89.3 Å². The Labute approximate surface area is 176 Å². The third-order valence-electron chi connectivity index (χ3n) is 9.97. The Balaban J connectivity index is 1.37. The molecule has 4 nitrogen and oxygen atoms in total.